The van der Waals surface area contributed by atoms with Crippen molar-refractivity contribution in [3.05, 3.63) is 36.0 Å². The Morgan fingerprint density at radius 1 is 1.30 bits per heavy atom. The number of allylic oxidation sites excluding steroid dienone is 2. The first-order valence-corrected chi connectivity index (χ1v) is 17.9. The van der Waals surface area contributed by atoms with Crippen LogP contribution in [0, 0.1) is 11.8 Å². The fraction of sp³-hybridized carbons (Fsp3) is 0.757. The Bertz CT molecular complexity index is 1240. The first kappa shape index (κ1) is 41.6. The van der Waals surface area contributed by atoms with E-state index in [2.05, 4.69) is 5.32 Å². The lowest BCUT2D eigenvalue weighted by Crippen LogP contribution is -2.54. The van der Waals surface area contributed by atoms with E-state index in [9.17, 15) is 29.7 Å². The molecule has 0 radical (unpaired) electrons. The van der Waals surface area contributed by atoms with E-state index in [-0.39, 0.29) is 55.8 Å². The molecule has 3 heterocycles. The normalized spacial score (nSPS) is 34.4. The zero-order chi connectivity index (χ0) is 37.2. The number of methoxy groups -OCH3 is 1. The van der Waals surface area contributed by atoms with Crippen LogP contribution in [-0.2, 0) is 28.5 Å². The number of amides is 1. The standard InChI is InChI=1S/C37H60N2O11/c1-8-28(41)25(4)34-29(48-34)21-36(5,46)16-9-10-23(2)33-24(3)11-13-30(37(6,47-7)17-15-27(40)20-32(44)50-33)49-35(45)39-19-18-38-26(22-39)12-14-31(42)43/h9-11,13,16,24-30,33-34,38,40-41,46H,8,12,14-15,17-22H2,1-7H3,(H,42,43)/b13-11-,16-9+,23-10+/t24-,25+,26+,27+,28-,29+,30-,33+,34-,36-,37+/m0/s1. The van der Waals surface area contributed by atoms with Gasteiger partial charge in [0.15, 0.2) is 6.10 Å². The lowest BCUT2D eigenvalue weighted by molar-refractivity contribution is -0.151. The third-order valence-corrected chi connectivity index (χ3v) is 10.3. The van der Waals surface area contributed by atoms with E-state index in [0.717, 1.165) is 0 Å². The number of carbonyl (C=O) groups excluding carboxylic acids is 2. The molecule has 2 saturated heterocycles. The Morgan fingerprint density at radius 2 is 2.02 bits per heavy atom. The zero-order valence-electron chi connectivity index (χ0n) is 30.7. The van der Waals surface area contributed by atoms with Crippen molar-refractivity contribution in [3.63, 3.8) is 0 Å². The van der Waals surface area contributed by atoms with Crippen LogP contribution >= 0.6 is 0 Å². The highest BCUT2D eigenvalue weighted by Crippen LogP contribution is 2.37. The highest BCUT2D eigenvalue weighted by atomic mass is 16.6. The maximum absolute atomic E-state index is 13.5. The van der Waals surface area contributed by atoms with Crippen molar-refractivity contribution in [1.29, 1.82) is 0 Å². The maximum atomic E-state index is 13.5. The van der Waals surface area contributed by atoms with Crippen molar-refractivity contribution in [3.8, 4) is 0 Å². The number of nitrogens with one attached hydrogen (secondary N) is 1. The van der Waals surface area contributed by atoms with Gasteiger partial charge in [-0.2, -0.15) is 0 Å². The first-order valence-electron chi connectivity index (χ1n) is 17.9. The number of piperazine rings is 1. The molecule has 284 valence electrons. The van der Waals surface area contributed by atoms with Crippen molar-refractivity contribution < 1.29 is 53.8 Å². The van der Waals surface area contributed by atoms with Gasteiger partial charge in [-0.3, -0.25) is 9.59 Å². The van der Waals surface area contributed by atoms with E-state index in [4.69, 9.17) is 24.1 Å². The van der Waals surface area contributed by atoms with Gasteiger partial charge in [-0.1, -0.05) is 45.1 Å². The van der Waals surface area contributed by atoms with Crippen LogP contribution in [0.4, 0.5) is 4.79 Å². The van der Waals surface area contributed by atoms with E-state index >= 15 is 0 Å². The molecule has 13 nitrogen and oxygen atoms in total. The molecule has 3 aliphatic heterocycles. The quantitative estimate of drug-likeness (QED) is 0.0813. The van der Waals surface area contributed by atoms with Crippen LogP contribution in [0.25, 0.3) is 0 Å². The summed E-state index contributed by atoms with van der Waals surface area (Å²) in [5.74, 6) is -1.85. The summed E-state index contributed by atoms with van der Waals surface area (Å²) >= 11 is 0. The van der Waals surface area contributed by atoms with Crippen molar-refractivity contribution >= 4 is 18.0 Å². The van der Waals surface area contributed by atoms with Gasteiger partial charge in [-0.05, 0) is 58.1 Å². The largest absolute Gasteiger partial charge is 0.481 e. The van der Waals surface area contributed by atoms with Crippen molar-refractivity contribution in [1.82, 2.24) is 10.2 Å². The summed E-state index contributed by atoms with van der Waals surface area (Å²) in [6.45, 7) is 12.3. The van der Waals surface area contributed by atoms with E-state index in [1.165, 1.54) is 7.11 Å². The molecule has 3 rings (SSSR count). The van der Waals surface area contributed by atoms with Gasteiger partial charge in [0, 0.05) is 57.5 Å². The molecule has 0 aromatic carbocycles. The summed E-state index contributed by atoms with van der Waals surface area (Å²) in [4.78, 5) is 39.0. The average molecular weight is 709 g/mol. The minimum atomic E-state index is -1.17. The first-order chi connectivity index (χ1) is 23.5. The molecule has 0 unspecified atom stereocenters. The molecule has 13 heteroatoms. The van der Waals surface area contributed by atoms with Gasteiger partial charge in [-0.25, -0.2) is 4.79 Å². The molecule has 50 heavy (non-hydrogen) atoms. The molecular weight excluding hydrogens is 648 g/mol. The number of hydrogen-bond acceptors (Lipinski definition) is 11. The van der Waals surface area contributed by atoms with Crippen LogP contribution in [0.1, 0.15) is 86.5 Å². The Balaban J connectivity index is 1.77. The number of cyclic esters (lactones) is 1. The van der Waals surface area contributed by atoms with Crippen LogP contribution in [-0.4, -0.2) is 124 Å². The van der Waals surface area contributed by atoms with Crippen LogP contribution in [0.5, 0.6) is 0 Å². The number of carboxylic acids is 1. The van der Waals surface area contributed by atoms with Crippen molar-refractivity contribution in [2.75, 3.05) is 26.7 Å². The molecule has 0 spiro atoms. The van der Waals surface area contributed by atoms with Gasteiger partial charge in [0.2, 0.25) is 0 Å². The number of rotatable bonds is 13. The molecule has 0 saturated carbocycles. The second-order valence-electron chi connectivity index (χ2n) is 14.7. The van der Waals surface area contributed by atoms with E-state index in [1.54, 1.807) is 43.1 Å². The highest BCUT2D eigenvalue weighted by Gasteiger charge is 2.47. The SMILES string of the molecule is CC[C@H](O)[C@@H](C)[C@@H]1O[C@@H]1C[C@@](C)(O)/C=C/C=C(\C)[C@H]1OC(=O)C[C@H](O)CC[C@@](C)(OC)[C@@H](OC(=O)N2CCN[C@H](CCC(=O)O)C2)/C=C\[C@@H]1C. The van der Waals surface area contributed by atoms with Gasteiger partial charge in [0.05, 0.1) is 36.4 Å². The summed E-state index contributed by atoms with van der Waals surface area (Å²) < 4.78 is 23.6. The number of carbonyl (C=O) groups is 3. The second-order valence-corrected chi connectivity index (χ2v) is 14.7. The van der Waals surface area contributed by atoms with Gasteiger partial charge in [-0.15, -0.1) is 0 Å². The number of nitrogens with zero attached hydrogens (tertiary/aromatic N) is 1. The summed E-state index contributed by atoms with van der Waals surface area (Å²) in [6, 6.07) is -0.173. The molecular formula is C37H60N2O11. The monoisotopic (exact) mass is 708 g/mol. The highest BCUT2D eigenvalue weighted by molar-refractivity contribution is 5.70. The average Bonchev–Trinajstić information content (AvgIpc) is 3.83. The Morgan fingerprint density at radius 3 is 2.68 bits per heavy atom. The number of aliphatic carboxylic acids is 1. The number of hydrogen-bond donors (Lipinski definition) is 5. The predicted molar refractivity (Wildman–Crippen MR) is 186 cm³/mol. The summed E-state index contributed by atoms with van der Waals surface area (Å²) in [7, 11) is 1.51. The van der Waals surface area contributed by atoms with Crippen molar-refractivity contribution in [2.24, 2.45) is 11.8 Å². The summed E-state index contributed by atoms with van der Waals surface area (Å²) in [5.41, 5.74) is -1.50. The number of esters is 1. The molecule has 11 atom stereocenters. The number of epoxide rings is 1. The molecule has 0 aromatic rings. The number of carboxylic acid groups (broad SMARTS) is 1. The second kappa shape index (κ2) is 18.6. The van der Waals surface area contributed by atoms with E-state index in [1.807, 2.05) is 33.8 Å². The lowest BCUT2D eigenvalue weighted by atomic mass is 9.88. The van der Waals surface area contributed by atoms with Gasteiger partial charge in [0.1, 0.15) is 11.7 Å². The lowest BCUT2D eigenvalue weighted by Gasteiger charge is -2.38. The van der Waals surface area contributed by atoms with Gasteiger partial charge >= 0.3 is 18.0 Å². The fourth-order valence-electron chi connectivity index (χ4n) is 6.67. The fourth-order valence-corrected chi connectivity index (χ4v) is 6.67. The Labute approximate surface area is 296 Å². The third kappa shape index (κ3) is 12.4. The number of aliphatic hydroxyl groups excluding tert-OH is 2. The smallest absolute Gasteiger partial charge is 0.410 e. The minimum absolute atomic E-state index is 0.0112. The molecule has 0 aromatic heterocycles. The molecule has 2 fully saturated rings. The summed E-state index contributed by atoms with van der Waals surface area (Å²) in [6.07, 6.45) is 6.52. The van der Waals surface area contributed by atoms with E-state index in [0.29, 0.717) is 44.5 Å². The molecule has 3 aliphatic rings. The zero-order valence-corrected chi connectivity index (χ0v) is 30.7. The van der Waals surface area contributed by atoms with Crippen LogP contribution in [0.15, 0.2) is 36.0 Å². The molecule has 1 amide bonds. The van der Waals surface area contributed by atoms with E-state index < -0.39 is 53.6 Å². The minimum Gasteiger partial charge on any atom is -0.481 e. The van der Waals surface area contributed by atoms with Gasteiger partial charge < -0.3 is 49.6 Å². The molecule has 0 aliphatic carbocycles. The topological polar surface area (TPSA) is 188 Å². The predicted octanol–water partition coefficient (Wildman–Crippen LogP) is 3.50. The van der Waals surface area contributed by atoms with Crippen LogP contribution < -0.4 is 5.32 Å². The van der Waals surface area contributed by atoms with Crippen LogP contribution in [0.3, 0.4) is 0 Å². The van der Waals surface area contributed by atoms with Gasteiger partial charge in [0.25, 0.3) is 0 Å². The Kier molecular flexibility index (Phi) is 15.5. The summed E-state index contributed by atoms with van der Waals surface area (Å²) in [5, 5.41) is 44.3. The third-order valence-electron chi connectivity index (χ3n) is 10.3. The number of aliphatic hydroxyl groups is 3. The Hall–Kier alpha value is -2.81. The molecule has 5 N–H and O–H groups in total. The van der Waals surface area contributed by atoms with Crippen LogP contribution in [0.2, 0.25) is 0 Å². The van der Waals surface area contributed by atoms with Crippen molar-refractivity contribution in [2.45, 2.75) is 140 Å². The maximum Gasteiger partial charge on any atom is 0.410 e. The molecule has 0 bridgehead atoms. The number of ether oxygens (including phenoxy) is 4.